The molecular formula is C25H24N2O2S. The molecule has 3 aromatic carbocycles. The fourth-order valence-corrected chi connectivity index (χ4v) is 4.66. The van der Waals surface area contributed by atoms with Crippen LogP contribution in [-0.4, -0.2) is 22.5 Å². The van der Waals surface area contributed by atoms with Crippen molar-refractivity contribution in [3.8, 4) is 0 Å². The van der Waals surface area contributed by atoms with E-state index >= 15 is 0 Å². The number of carbonyl (C=O) groups excluding carboxylic acids is 2. The highest BCUT2D eigenvalue weighted by molar-refractivity contribution is 8.00. The summed E-state index contributed by atoms with van der Waals surface area (Å²) in [4.78, 5) is 26.8. The second-order valence-electron chi connectivity index (χ2n) is 7.46. The minimum atomic E-state index is -0.0987. The van der Waals surface area contributed by atoms with Crippen molar-refractivity contribution in [3.05, 3.63) is 107 Å². The van der Waals surface area contributed by atoms with Crippen molar-refractivity contribution in [1.82, 2.24) is 10.2 Å². The van der Waals surface area contributed by atoms with E-state index in [2.05, 4.69) is 5.32 Å². The van der Waals surface area contributed by atoms with Crippen LogP contribution in [0.4, 0.5) is 0 Å². The van der Waals surface area contributed by atoms with E-state index < -0.39 is 0 Å². The number of aryl methyl sites for hydroxylation is 1. The van der Waals surface area contributed by atoms with Crippen LogP contribution in [0, 0.1) is 6.92 Å². The SMILES string of the molecule is Cc1ccc(CNC(=O)c2ccc(C3SCC(=O)N3Cc3ccccc3)cc2)cc1. The van der Waals surface area contributed by atoms with Gasteiger partial charge < -0.3 is 10.2 Å². The molecule has 1 aliphatic heterocycles. The van der Waals surface area contributed by atoms with Crippen LogP contribution >= 0.6 is 11.8 Å². The van der Waals surface area contributed by atoms with E-state index in [0.29, 0.717) is 24.4 Å². The molecule has 30 heavy (non-hydrogen) atoms. The predicted molar refractivity (Wildman–Crippen MR) is 121 cm³/mol. The average molecular weight is 417 g/mol. The summed E-state index contributed by atoms with van der Waals surface area (Å²) in [7, 11) is 0. The number of thioether (sulfide) groups is 1. The van der Waals surface area contributed by atoms with Crippen LogP contribution in [0.25, 0.3) is 0 Å². The topological polar surface area (TPSA) is 49.4 Å². The molecule has 4 nitrogen and oxygen atoms in total. The van der Waals surface area contributed by atoms with Crippen LogP contribution in [0.5, 0.6) is 0 Å². The quantitative estimate of drug-likeness (QED) is 0.634. The third-order valence-corrected chi connectivity index (χ3v) is 6.45. The van der Waals surface area contributed by atoms with E-state index in [1.165, 1.54) is 5.56 Å². The Morgan fingerprint density at radius 2 is 1.67 bits per heavy atom. The first-order chi connectivity index (χ1) is 14.6. The molecule has 3 aromatic rings. The van der Waals surface area contributed by atoms with Crippen LogP contribution in [0.1, 0.15) is 38.0 Å². The summed E-state index contributed by atoms with van der Waals surface area (Å²) in [5, 5.41) is 2.94. The highest BCUT2D eigenvalue weighted by Crippen LogP contribution is 2.39. The van der Waals surface area contributed by atoms with Gasteiger partial charge in [-0.15, -0.1) is 11.8 Å². The van der Waals surface area contributed by atoms with Crippen LogP contribution in [0.2, 0.25) is 0 Å². The third kappa shape index (κ3) is 4.74. The van der Waals surface area contributed by atoms with E-state index in [1.807, 2.05) is 90.7 Å². The van der Waals surface area contributed by atoms with Gasteiger partial charge in [0.1, 0.15) is 5.37 Å². The molecule has 1 atom stereocenters. The molecule has 1 unspecified atom stereocenters. The molecule has 152 valence electrons. The lowest BCUT2D eigenvalue weighted by molar-refractivity contribution is -0.128. The number of benzene rings is 3. The molecule has 1 heterocycles. The summed E-state index contributed by atoms with van der Waals surface area (Å²) in [5.74, 6) is 0.531. The molecule has 1 N–H and O–H groups in total. The first-order valence-corrected chi connectivity index (χ1v) is 11.0. The molecule has 1 fully saturated rings. The zero-order valence-electron chi connectivity index (χ0n) is 16.9. The lowest BCUT2D eigenvalue weighted by atomic mass is 10.1. The first-order valence-electron chi connectivity index (χ1n) is 9.99. The van der Waals surface area contributed by atoms with Gasteiger partial charge in [-0.05, 0) is 35.7 Å². The number of amides is 2. The second-order valence-corrected chi connectivity index (χ2v) is 8.53. The molecule has 0 spiro atoms. The monoisotopic (exact) mass is 416 g/mol. The van der Waals surface area contributed by atoms with Gasteiger partial charge in [0.25, 0.3) is 5.91 Å². The zero-order chi connectivity index (χ0) is 20.9. The summed E-state index contributed by atoms with van der Waals surface area (Å²) in [6, 6.07) is 25.7. The standard InChI is InChI=1S/C25H24N2O2S/c1-18-7-9-19(10-8-18)15-26-24(29)21-11-13-22(14-12-21)25-27(23(28)17-30-25)16-20-5-3-2-4-6-20/h2-14,25H,15-17H2,1H3,(H,26,29). The Labute approximate surface area is 181 Å². The Balaban J connectivity index is 1.41. The first kappa shape index (κ1) is 20.2. The van der Waals surface area contributed by atoms with Crippen LogP contribution < -0.4 is 5.32 Å². The number of hydrogen-bond donors (Lipinski definition) is 1. The van der Waals surface area contributed by atoms with Gasteiger partial charge in [-0.2, -0.15) is 0 Å². The van der Waals surface area contributed by atoms with Crippen molar-refractivity contribution in [2.75, 3.05) is 5.75 Å². The summed E-state index contributed by atoms with van der Waals surface area (Å²) >= 11 is 1.63. The fourth-order valence-electron chi connectivity index (χ4n) is 3.47. The van der Waals surface area contributed by atoms with Crippen LogP contribution in [-0.2, 0) is 17.9 Å². The van der Waals surface area contributed by atoms with Crippen molar-refractivity contribution in [2.24, 2.45) is 0 Å². The van der Waals surface area contributed by atoms with Crippen LogP contribution in [0.15, 0.2) is 78.9 Å². The lowest BCUT2D eigenvalue weighted by Gasteiger charge is -2.24. The highest BCUT2D eigenvalue weighted by atomic mass is 32.2. The Kier molecular flexibility index (Phi) is 6.19. The van der Waals surface area contributed by atoms with Crippen molar-refractivity contribution < 1.29 is 9.59 Å². The molecule has 1 saturated heterocycles. The fraction of sp³-hybridized carbons (Fsp3) is 0.200. The summed E-state index contributed by atoms with van der Waals surface area (Å²) < 4.78 is 0. The van der Waals surface area contributed by atoms with Gasteiger partial charge >= 0.3 is 0 Å². The summed E-state index contributed by atoms with van der Waals surface area (Å²) in [5.41, 5.74) is 5.05. The largest absolute Gasteiger partial charge is 0.348 e. The van der Waals surface area contributed by atoms with Gasteiger partial charge in [-0.25, -0.2) is 0 Å². The molecular weight excluding hydrogens is 392 g/mol. The summed E-state index contributed by atoms with van der Waals surface area (Å²) in [6.07, 6.45) is 0. The van der Waals surface area contributed by atoms with Gasteiger partial charge in [0, 0.05) is 18.7 Å². The molecule has 4 rings (SSSR count). The maximum absolute atomic E-state index is 12.5. The lowest BCUT2D eigenvalue weighted by Crippen LogP contribution is -2.27. The summed E-state index contributed by atoms with van der Waals surface area (Å²) in [6.45, 7) is 3.13. The Bertz CT molecular complexity index is 1020. The zero-order valence-corrected chi connectivity index (χ0v) is 17.7. The maximum Gasteiger partial charge on any atom is 0.251 e. The van der Waals surface area contributed by atoms with Crippen molar-refractivity contribution in [2.45, 2.75) is 25.4 Å². The number of hydrogen-bond acceptors (Lipinski definition) is 3. The maximum atomic E-state index is 12.5. The van der Waals surface area contributed by atoms with Gasteiger partial charge in [0.15, 0.2) is 0 Å². The van der Waals surface area contributed by atoms with E-state index in [0.717, 1.165) is 16.7 Å². The van der Waals surface area contributed by atoms with Crippen LogP contribution in [0.3, 0.4) is 0 Å². The third-order valence-electron chi connectivity index (χ3n) is 5.20. The second kappa shape index (κ2) is 9.18. The highest BCUT2D eigenvalue weighted by Gasteiger charge is 2.32. The average Bonchev–Trinajstić information content (AvgIpc) is 3.14. The number of rotatable bonds is 6. The number of carbonyl (C=O) groups is 2. The van der Waals surface area contributed by atoms with Gasteiger partial charge in [-0.3, -0.25) is 9.59 Å². The predicted octanol–water partition coefficient (Wildman–Crippen LogP) is 4.70. The minimum Gasteiger partial charge on any atom is -0.348 e. The molecule has 1 aliphatic rings. The molecule has 0 aromatic heterocycles. The molecule has 0 aliphatic carbocycles. The number of nitrogens with zero attached hydrogens (tertiary/aromatic N) is 1. The number of nitrogens with one attached hydrogen (secondary N) is 1. The molecule has 5 heteroatoms. The molecule has 0 saturated carbocycles. The van der Waals surface area contributed by atoms with Crippen molar-refractivity contribution in [1.29, 1.82) is 0 Å². The Hall–Kier alpha value is -3.05. The Morgan fingerprint density at radius 3 is 2.37 bits per heavy atom. The smallest absolute Gasteiger partial charge is 0.251 e. The minimum absolute atomic E-state index is 0.0256. The van der Waals surface area contributed by atoms with E-state index in [9.17, 15) is 9.59 Å². The molecule has 0 bridgehead atoms. The van der Waals surface area contributed by atoms with E-state index in [-0.39, 0.29) is 17.2 Å². The van der Waals surface area contributed by atoms with Gasteiger partial charge in [-0.1, -0.05) is 72.3 Å². The van der Waals surface area contributed by atoms with E-state index in [1.54, 1.807) is 11.8 Å². The van der Waals surface area contributed by atoms with Gasteiger partial charge in [0.05, 0.1) is 5.75 Å². The van der Waals surface area contributed by atoms with E-state index in [4.69, 9.17) is 0 Å². The van der Waals surface area contributed by atoms with Crippen molar-refractivity contribution in [3.63, 3.8) is 0 Å². The Morgan fingerprint density at radius 1 is 0.967 bits per heavy atom. The van der Waals surface area contributed by atoms with Gasteiger partial charge in [0.2, 0.25) is 5.91 Å². The van der Waals surface area contributed by atoms with Crippen molar-refractivity contribution >= 4 is 23.6 Å². The molecule has 0 radical (unpaired) electrons. The molecule has 2 amide bonds. The normalized spacial score (nSPS) is 16.0.